The van der Waals surface area contributed by atoms with Gasteiger partial charge in [-0.25, -0.2) is 4.39 Å². The third-order valence-electron chi connectivity index (χ3n) is 8.43. The Bertz CT molecular complexity index is 1480. The molecule has 0 radical (unpaired) electrons. The zero-order chi connectivity index (χ0) is 32.5. The van der Waals surface area contributed by atoms with E-state index < -0.39 is 29.5 Å². The number of hydrogen-bond acceptors (Lipinski definition) is 4. The van der Waals surface area contributed by atoms with Crippen molar-refractivity contribution in [2.24, 2.45) is 0 Å². The molecule has 0 aliphatic carbocycles. The molecule has 2 fully saturated rings. The zero-order valence-corrected chi connectivity index (χ0v) is 25.1. The minimum absolute atomic E-state index is 0.117. The molecule has 2 atom stereocenters. The number of benzene rings is 3. The minimum atomic E-state index is -4.94. The first-order valence-electron chi connectivity index (χ1n) is 14.4. The van der Waals surface area contributed by atoms with Crippen LogP contribution in [0.2, 0.25) is 5.02 Å². The molecule has 0 spiro atoms. The molecule has 2 aliphatic rings. The molecule has 2 aliphatic heterocycles. The van der Waals surface area contributed by atoms with E-state index in [9.17, 15) is 35.5 Å². The van der Waals surface area contributed by atoms with Gasteiger partial charge in [0.25, 0.3) is 0 Å². The third kappa shape index (κ3) is 7.90. The Morgan fingerprint density at radius 1 is 0.867 bits per heavy atom. The maximum absolute atomic E-state index is 14.3. The molecule has 0 bridgehead atoms. The number of anilines is 1. The van der Waals surface area contributed by atoms with Crippen LogP contribution in [0.5, 0.6) is 0 Å². The average Bonchev–Trinajstić information content (AvgIpc) is 3.40. The van der Waals surface area contributed by atoms with Crippen LogP contribution < -0.4 is 4.90 Å². The number of halogens is 8. The number of hydrogen-bond donors (Lipinski definition) is 0. The van der Waals surface area contributed by atoms with E-state index in [1.54, 1.807) is 53.2 Å². The summed E-state index contributed by atoms with van der Waals surface area (Å²) in [5, 5.41) is 0.525. The van der Waals surface area contributed by atoms with Crippen LogP contribution >= 0.6 is 11.6 Å². The monoisotopic (exact) mass is 656 g/mol. The van der Waals surface area contributed by atoms with Gasteiger partial charge >= 0.3 is 12.4 Å². The quantitative estimate of drug-likeness (QED) is 0.258. The Kier molecular flexibility index (Phi) is 9.67. The van der Waals surface area contributed by atoms with Gasteiger partial charge in [0.05, 0.1) is 22.9 Å². The van der Waals surface area contributed by atoms with Gasteiger partial charge in [-0.05, 0) is 67.1 Å². The number of carbonyl (C=O) groups is 1. The van der Waals surface area contributed by atoms with Crippen molar-refractivity contribution in [3.05, 3.63) is 99.8 Å². The lowest BCUT2D eigenvalue weighted by Crippen LogP contribution is -2.53. The number of nitrogens with zero attached hydrogens (tertiary/aromatic N) is 4. The summed E-state index contributed by atoms with van der Waals surface area (Å²) in [5.41, 5.74) is -1.52. The number of rotatable bonds is 7. The van der Waals surface area contributed by atoms with E-state index in [-0.39, 0.29) is 35.9 Å². The highest BCUT2D eigenvalue weighted by atomic mass is 35.5. The van der Waals surface area contributed by atoms with Gasteiger partial charge in [0.1, 0.15) is 5.82 Å². The van der Waals surface area contributed by atoms with Crippen LogP contribution in [0.25, 0.3) is 0 Å². The third-order valence-corrected chi connectivity index (χ3v) is 8.66. The lowest BCUT2D eigenvalue weighted by atomic mass is 10.0. The largest absolute Gasteiger partial charge is 0.416 e. The molecule has 0 unspecified atom stereocenters. The smallest absolute Gasteiger partial charge is 0.366 e. The molecule has 0 saturated carbocycles. The van der Waals surface area contributed by atoms with Crippen LogP contribution in [0.4, 0.5) is 36.4 Å². The van der Waals surface area contributed by atoms with Crippen molar-refractivity contribution in [3.8, 4) is 0 Å². The van der Waals surface area contributed by atoms with Gasteiger partial charge in [-0.15, -0.1) is 0 Å². The number of alkyl halides is 6. The van der Waals surface area contributed by atoms with Gasteiger partial charge in [0, 0.05) is 56.9 Å². The van der Waals surface area contributed by atoms with Crippen molar-refractivity contribution in [2.75, 3.05) is 44.7 Å². The van der Waals surface area contributed by atoms with E-state index in [0.717, 1.165) is 17.7 Å². The molecule has 45 heavy (non-hydrogen) atoms. The Morgan fingerprint density at radius 2 is 1.51 bits per heavy atom. The van der Waals surface area contributed by atoms with Crippen molar-refractivity contribution in [1.29, 1.82) is 0 Å². The highest BCUT2D eigenvalue weighted by Crippen LogP contribution is 2.37. The van der Waals surface area contributed by atoms with Gasteiger partial charge in [0.15, 0.2) is 0 Å². The summed E-state index contributed by atoms with van der Waals surface area (Å²) >= 11 is 6.19. The molecule has 13 heteroatoms. The summed E-state index contributed by atoms with van der Waals surface area (Å²) in [6, 6.07) is 14.3. The molecule has 2 saturated heterocycles. The maximum atomic E-state index is 14.3. The van der Waals surface area contributed by atoms with E-state index in [0.29, 0.717) is 56.4 Å². The Labute approximate surface area is 261 Å². The average molecular weight is 657 g/mol. The zero-order valence-electron chi connectivity index (χ0n) is 24.4. The lowest BCUT2D eigenvalue weighted by molar-refractivity contribution is -0.143. The predicted octanol–water partition coefficient (Wildman–Crippen LogP) is 6.94. The first-order chi connectivity index (χ1) is 21.2. The highest BCUT2D eigenvalue weighted by molar-refractivity contribution is 6.30. The lowest BCUT2D eigenvalue weighted by Gasteiger charge is -2.38. The van der Waals surface area contributed by atoms with Gasteiger partial charge in [-0.1, -0.05) is 35.9 Å². The first kappa shape index (κ1) is 33.0. The van der Waals surface area contributed by atoms with Crippen LogP contribution in [0.1, 0.15) is 28.7 Å². The summed E-state index contributed by atoms with van der Waals surface area (Å²) in [6.45, 7) is 2.18. The van der Waals surface area contributed by atoms with E-state index in [4.69, 9.17) is 11.6 Å². The van der Waals surface area contributed by atoms with E-state index in [2.05, 4.69) is 0 Å². The van der Waals surface area contributed by atoms with Gasteiger partial charge in [-0.2, -0.15) is 26.3 Å². The number of carbonyl (C=O) groups excluding carboxylic acids is 1. The van der Waals surface area contributed by atoms with Crippen molar-refractivity contribution in [1.82, 2.24) is 14.7 Å². The predicted molar refractivity (Wildman–Crippen MR) is 157 cm³/mol. The van der Waals surface area contributed by atoms with Crippen LogP contribution in [-0.2, 0) is 30.2 Å². The molecular weight excluding hydrogens is 625 g/mol. The van der Waals surface area contributed by atoms with E-state index >= 15 is 0 Å². The van der Waals surface area contributed by atoms with Gasteiger partial charge in [-0.3, -0.25) is 14.6 Å². The fourth-order valence-corrected chi connectivity index (χ4v) is 6.33. The molecule has 3 aromatic carbocycles. The van der Waals surface area contributed by atoms with Crippen LogP contribution in [0.3, 0.4) is 0 Å². The normalized spacial score (nSPS) is 19.9. The molecule has 242 valence electrons. The topological polar surface area (TPSA) is 30.0 Å². The molecule has 5 rings (SSSR count). The van der Waals surface area contributed by atoms with E-state index in [1.165, 1.54) is 6.07 Å². The molecule has 3 aromatic rings. The summed E-state index contributed by atoms with van der Waals surface area (Å²) in [5.74, 6) is -0.464. The second-order valence-electron chi connectivity index (χ2n) is 11.6. The molecule has 2 heterocycles. The Hall–Kier alpha value is -3.35. The van der Waals surface area contributed by atoms with Gasteiger partial charge < -0.3 is 9.80 Å². The van der Waals surface area contributed by atoms with E-state index in [1.807, 2.05) is 15.9 Å². The van der Waals surface area contributed by atoms with Crippen molar-refractivity contribution in [2.45, 2.75) is 43.9 Å². The van der Waals surface area contributed by atoms with Crippen LogP contribution in [0.15, 0.2) is 66.7 Å². The van der Waals surface area contributed by atoms with Crippen molar-refractivity contribution >= 4 is 23.2 Å². The molecule has 1 amide bonds. The van der Waals surface area contributed by atoms with Crippen molar-refractivity contribution in [3.63, 3.8) is 0 Å². The second kappa shape index (κ2) is 13.2. The summed E-state index contributed by atoms with van der Waals surface area (Å²) in [7, 11) is 1.63. The summed E-state index contributed by atoms with van der Waals surface area (Å²) < 4.78 is 95.1. The fourth-order valence-electron chi connectivity index (χ4n) is 6.11. The van der Waals surface area contributed by atoms with Gasteiger partial charge in [0.2, 0.25) is 5.91 Å². The van der Waals surface area contributed by atoms with Crippen molar-refractivity contribution < 1.29 is 35.5 Å². The number of piperazine rings is 1. The molecule has 0 aromatic heterocycles. The Balaban J connectivity index is 1.33. The SMILES string of the molecule is CN(Cc1cc(C(F)(F)F)cc(C(F)(F)F)c1)[C@H]1C[C@@H](C(=O)N2CCN(c3ccccc3F)CC2)N(Cc2cccc(Cl)c2)C1. The minimum Gasteiger partial charge on any atom is -0.366 e. The fraction of sp³-hybridized carbons (Fsp3) is 0.406. The van der Waals surface area contributed by atoms with Crippen LogP contribution in [0, 0.1) is 5.82 Å². The number of likely N-dealkylation sites (N-methyl/N-ethyl adjacent to an activating group) is 1. The number of para-hydroxylation sites is 1. The van der Waals surface area contributed by atoms with Crippen LogP contribution in [-0.4, -0.2) is 72.5 Å². The molecular formula is C32H32ClF7N4O. The first-order valence-corrected chi connectivity index (χ1v) is 14.8. The number of amides is 1. The second-order valence-corrected chi connectivity index (χ2v) is 12.0. The standard InChI is InChI=1S/C32H32ClF7N4O/c1-41(18-22-13-23(31(35,36)37)16-24(14-22)32(38,39)40)26-17-29(44(20-26)19-21-5-4-6-25(33)15-21)30(45)43-11-9-42(10-12-43)28-8-3-2-7-27(28)34/h2-8,13-16,26,29H,9-12,17-20H2,1H3/t26-,29-/m0/s1. The molecule has 5 nitrogen and oxygen atoms in total. The summed E-state index contributed by atoms with van der Waals surface area (Å²) in [6.07, 6.45) is -9.55. The highest BCUT2D eigenvalue weighted by Gasteiger charge is 2.42. The summed E-state index contributed by atoms with van der Waals surface area (Å²) in [4.78, 5) is 21.2. The number of likely N-dealkylation sites (tertiary alicyclic amines) is 1. The molecule has 0 N–H and O–H groups in total. The Morgan fingerprint density at radius 3 is 2.11 bits per heavy atom. The maximum Gasteiger partial charge on any atom is 0.416 e.